The van der Waals surface area contributed by atoms with Gasteiger partial charge in [0, 0.05) is 5.56 Å². The molecule has 2 aromatic rings. The third-order valence-electron chi connectivity index (χ3n) is 2.57. The number of nitrogens with one attached hydrogen (secondary N) is 1. The Morgan fingerprint density at radius 2 is 1.85 bits per heavy atom. The summed E-state index contributed by atoms with van der Waals surface area (Å²) in [6, 6.07) is 8.53. The van der Waals surface area contributed by atoms with E-state index in [0.29, 0.717) is 0 Å². The average Bonchev–Trinajstić information content (AvgIpc) is 2.40. The van der Waals surface area contributed by atoms with E-state index in [0.717, 1.165) is 12.1 Å². The lowest BCUT2D eigenvalue weighted by molar-refractivity contribution is 0.0697. The van der Waals surface area contributed by atoms with Crippen LogP contribution in [0.5, 0.6) is 5.75 Å². The van der Waals surface area contributed by atoms with Crippen molar-refractivity contribution in [2.75, 3.05) is 5.32 Å². The molecular formula is C14H10FNO4. The maximum atomic E-state index is 13.0. The Labute approximate surface area is 113 Å². The molecule has 1 amide bonds. The van der Waals surface area contributed by atoms with Gasteiger partial charge in [-0.3, -0.25) is 4.79 Å². The molecule has 20 heavy (non-hydrogen) atoms. The summed E-state index contributed by atoms with van der Waals surface area (Å²) in [5, 5.41) is 20.6. The molecule has 3 N–H and O–H groups in total. The van der Waals surface area contributed by atoms with E-state index < -0.39 is 17.7 Å². The first kappa shape index (κ1) is 13.5. The normalized spacial score (nSPS) is 10.1. The van der Waals surface area contributed by atoms with E-state index in [1.165, 1.54) is 30.3 Å². The lowest BCUT2D eigenvalue weighted by Crippen LogP contribution is -2.14. The van der Waals surface area contributed by atoms with Crippen molar-refractivity contribution in [3.63, 3.8) is 0 Å². The third-order valence-corrected chi connectivity index (χ3v) is 2.57. The highest BCUT2D eigenvalue weighted by Gasteiger charge is 2.14. The van der Waals surface area contributed by atoms with E-state index in [1.54, 1.807) is 0 Å². The second-order valence-electron chi connectivity index (χ2n) is 4.00. The fourth-order valence-corrected chi connectivity index (χ4v) is 1.64. The molecule has 0 saturated heterocycles. The number of phenols is 1. The number of carboxylic acids is 1. The summed E-state index contributed by atoms with van der Waals surface area (Å²) < 4.78 is 13.0. The molecule has 0 aliphatic carbocycles. The number of carboxylic acid groups (broad SMARTS) is 1. The molecule has 0 aliphatic rings. The lowest BCUT2D eigenvalue weighted by Gasteiger charge is -2.09. The minimum atomic E-state index is -1.30. The predicted octanol–water partition coefficient (Wildman–Crippen LogP) is 2.48. The summed E-state index contributed by atoms with van der Waals surface area (Å²) >= 11 is 0. The number of phenolic OH excluding ortho intramolecular Hbond substituents is 1. The van der Waals surface area contributed by atoms with Crippen LogP contribution in [0.1, 0.15) is 20.7 Å². The number of amides is 1. The highest BCUT2D eigenvalue weighted by Crippen LogP contribution is 2.22. The van der Waals surface area contributed by atoms with E-state index in [1.807, 2.05) is 0 Å². The lowest BCUT2D eigenvalue weighted by atomic mass is 10.1. The van der Waals surface area contributed by atoms with Crippen LogP contribution >= 0.6 is 0 Å². The zero-order valence-electron chi connectivity index (χ0n) is 10.1. The van der Waals surface area contributed by atoms with Crippen molar-refractivity contribution in [2.45, 2.75) is 0 Å². The monoisotopic (exact) mass is 275 g/mol. The highest BCUT2D eigenvalue weighted by atomic mass is 19.1. The van der Waals surface area contributed by atoms with Gasteiger partial charge in [0.1, 0.15) is 11.6 Å². The van der Waals surface area contributed by atoms with Crippen molar-refractivity contribution < 1.29 is 24.2 Å². The standard InChI is InChI=1S/C14H10FNO4/c15-9-3-1-2-8(6-9)13(18)16-12-5-4-10(17)7-11(12)14(19)20/h1-7,17H,(H,16,18)(H,19,20). The summed E-state index contributed by atoms with van der Waals surface area (Å²) in [5.41, 5.74) is -0.172. The molecule has 6 heteroatoms. The van der Waals surface area contributed by atoms with Gasteiger partial charge in [-0.15, -0.1) is 0 Å². The molecule has 0 bridgehead atoms. The van der Waals surface area contributed by atoms with Crippen molar-refractivity contribution in [3.8, 4) is 5.75 Å². The molecule has 0 saturated carbocycles. The number of rotatable bonds is 3. The molecule has 0 heterocycles. The van der Waals surface area contributed by atoms with Crippen LogP contribution in [-0.4, -0.2) is 22.1 Å². The molecule has 0 atom stereocenters. The largest absolute Gasteiger partial charge is 0.508 e. The topological polar surface area (TPSA) is 86.6 Å². The number of halogens is 1. The van der Waals surface area contributed by atoms with Crippen LogP contribution in [0.15, 0.2) is 42.5 Å². The zero-order valence-corrected chi connectivity index (χ0v) is 10.1. The van der Waals surface area contributed by atoms with Gasteiger partial charge in [-0.1, -0.05) is 6.07 Å². The van der Waals surface area contributed by atoms with Gasteiger partial charge in [-0.05, 0) is 36.4 Å². The van der Waals surface area contributed by atoms with Gasteiger partial charge in [0.15, 0.2) is 0 Å². The molecule has 0 unspecified atom stereocenters. The average molecular weight is 275 g/mol. The predicted molar refractivity (Wildman–Crippen MR) is 69.4 cm³/mol. The third kappa shape index (κ3) is 2.92. The van der Waals surface area contributed by atoms with Crippen LogP contribution in [0.3, 0.4) is 0 Å². The first-order valence-corrected chi connectivity index (χ1v) is 5.60. The summed E-state index contributed by atoms with van der Waals surface area (Å²) in [6.07, 6.45) is 0. The molecule has 2 rings (SSSR count). The molecular weight excluding hydrogens is 265 g/mol. The number of carbonyl (C=O) groups is 2. The van der Waals surface area contributed by atoms with E-state index in [9.17, 15) is 19.1 Å². The molecule has 102 valence electrons. The molecule has 5 nitrogen and oxygen atoms in total. The molecule has 0 fully saturated rings. The summed E-state index contributed by atoms with van der Waals surface area (Å²) in [4.78, 5) is 22.9. The smallest absolute Gasteiger partial charge is 0.337 e. The van der Waals surface area contributed by atoms with Crippen LogP contribution in [-0.2, 0) is 0 Å². The number of aromatic hydroxyl groups is 1. The van der Waals surface area contributed by atoms with Gasteiger partial charge in [0.2, 0.25) is 0 Å². The van der Waals surface area contributed by atoms with Crippen LogP contribution in [0, 0.1) is 5.82 Å². The van der Waals surface area contributed by atoms with Crippen LogP contribution < -0.4 is 5.32 Å². The second kappa shape index (κ2) is 5.40. The van der Waals surface area contributed by atoms with E-state index in [2.05, 4.69) is 5.32 Å². The molecule has 0 spiro atoms. The van der Waals surface area contributed by atoms with Gasteiger partial charge in [0.25, 0.3) is 5.91 Å². The van der Waals surface area contributed by atoms with Crippen molar-refractivity contribution in [3.05, 3.63) is 59.4 Å². The van der Waals surface area contributed by atoms with Crippen LogP contribution in [0.25, 0.3) is 0 Å². The minimum Gasteiger partial charge on any atom is -0.508 e. The zero-order chi connectivity index (χ0) is 14.7. The Balaban J connectivity index is 2.30. The molecule has 0 aromatic heterocycles. The first-order chi connectivity index (χ1) is 9.47. The number of hydrogen-bond donors (Lipinski definition) is 3. The number of anilines is 1. The first-order valence-electron chi connectivity index (χ1n) is 5.60. The summed E-state index contributed by atoms with van der Waals surface area (Å²) in [7, 11) is 0. The second-order valence-corrected chi connectivity index (χ2v) is 4.00. The molecule has 2 aromatic carbocycles. The van der Waals surface area contributed by atoms with Crippen molar-refractivity contribution in [2.24, 2.45) is 0 Å². The van der Waals surface area contributed by atoms with E-state index >= 15 is 0 Å². The van der Waals surface area contributed by atoms with Crippen molar-refractivity contribution in [1.82, 2.24) is 0 Å². The minimum absolute atomic E-state index is 0.0181. The fourth-order valence-electron chi connectivity index (χ4n) is 1.64. The molecule has 0 aliphatic heterocycles. The summed E-state index contributed by atoms with van der Waals surface area (Å²) in [5.74, 6) is -2.74. The fraction of sp³-hybridized carbons (Fsp3) is 0. The van der Waals surface area contributed by atoms with Crippen LogP contribution in [0.4, 0.5) is 10.1 Å². The Morgan fingerprint density at radius 3 is 2.50 bits per heavy atom. The highest BCUT2D eigenvalue weighted by molar-refractivity contribution is 6.07. The van der Waals surface area contributed by atoms with Crippen molar-refractivity contribution in [1.29, 1.82) is 0 Å². The summed E-state index contributed by atoms with van der Waals surface area (Å²) in [6.45, 7) is 0. The van der Waals surface area contributed by atoms with Gasteiger partial charge in [-0.2, -0.15) is 0 Å². The van der Waals surface area contributed by atoms with Crippen molar-refractivity contribution >= 4 is 17.6 Å². The SMILES string of the molecule is O=C(Nc1ccc(O)cc1C(=O)O)c1cccc(F)c1. The Hall–Kier alpha value is -2.89. The van der Waals surface area contributed by atoms with E-state index in [-0.39, 0.29) is 22.6 Å². The van der Waals surface area contributed by atoms with Gasteiger partial charge < -0.3 is 15.5 Å². The Morgan fingerprint density at radius 1 is 1.10 bits per heavy atom. The van der Waals surface area contributed by atoms with Gasteiger partial charge >= 0.3 is 5.97 Å². The number of hydrogen-bond acceptors (Lipinski definition) is 3. The van der Waals surface area contributed by atoms with Crippen LogP contribution in [0.2, 0.25) is 0 Å². The number of benzene rings is 2. The maximum absolute atomic E-state index is 13.0. The molecule has 0 radical (unpaired) electrons. The maximum Gasteiger partial charge on any atom is 0.337 e. The Kier molecular flexibility index (Phi) is 3.65. The number of aromatic carboxylic acids is 1. The van der Waals surface area contributed by atoms with E-state index in [4.69, 9.17) is 5.11 Å². The van der Waals surface area contributed by atoms with Gasteiger partial charge in [-0.25, -0.2) is 9.18 Å². The quantitative estimate of drug-likeness (QED) is 0.751. The van der Waals surface area contributed by atoms with Gasteiger partial charge in [0.05, 0.1) is 11.3 Å². The Bertz CT molecular complexity index is 685. The number of carbonyl (C=O) groups excluding carboxylic acids is 1.